The molecule has 1 heterocycles. The standard InChI is InChI=1S/C17H24O6/c1-16(20-4)17(2,21-5)23-15(18)14(22-16)10-12-7-6-8-13(9-12)11-19-3/h6-9,14H,10-11H2,1-5H3. The number of esters is 1. The number of cyclic esters (lactones) is 1. The molecule has 0 bridgehead atoms. The largest absolute Gasteiger partial charge is 0.425 e. The van der Waals surface area contributed by atoms with Gasteiger partial charge in [-0.15, -0.1) is 0 Å². The average molecular weight is 324 g/mol. The van der Waals surface area contributed by atoms with Crippen molar-refractivity contribution in [2.24, 2.45) is 0 Å². The van der Waals surface area contributed by atoms with E-state index < -0.39 is 23.6 Å². The van der Waals surface area contributed by atoms with Crippen LogP contribution in [0, 0.1) is 0 Å². The summed E-state index contributed by atoms with van der Waals surface area (Å²) < 4.78 is 27.2. The Morgan fingerprint density at radius 2 is 1.74 bits per heavy atom. The minimum Gasteiger partial charge on any atom is -0.425 e. The molecule has 3 atom stereocenters. The van der Waals surface area contributed by atoms with E-state index in [1.54, 1.807) is 21.0 Å². The van der Waals surface area contributed by atoms with Crippen LogP contribution in [0.15, 0.2) is 24.3 Å². The monoisotopic (exact) mass is 324 g/mol. The summed E-state index contributed by atoms with van der Waals surface area (Å²) in [5, 5.41) is 0. The van der Waals surface area contributed by atoms with Crippen LogP contribution in [0.3, 0.4) is 0 Å². The Kier molecular flexibility index (Phi) is 5.41. The Morgan fingerprint density at radius 1 is 1.09 bits per heavy atom. The molecule has 0 amide bonds. The highest BCUT2D eigenvalue weighted by atomic mass is 16.8. The molecule has 2 rings (SSSR count). The molecule has 1 aliphatic rings. The number of benzene rings is 1. The van der Waals surface area contributed by atoms with Crippen molar-refractivity contribution in [3.05, 3.63) is 35.4 Å². The fraction of sp³-hybridized carbons (Fsp3) is 0.588. The lowest BCUT2D eigenvalue weighted by Crippen LogP contribution is -2.64. The molecule has 3 unspecified atom stereocenters. The molecule has 1 aromatic rings. The predicted octanol–water partition coefficient (Wildman–Crippen LogP) is 2.04. The third-order valence-corrected chi connectivity index (χ3v) is 4.25. The van der Waals surface area contributed by atoms with Crippen LogP contribution >= 0.6 is 0 Å². The van der Waals surface area contributed by atoms with Crippen LogP contribution in [-0.4, -0.2) is 45.0 Å². The highest BCUT2D eigenvalue weighted by molar-refractivity contribution is 5.76. The van der Waals surface area contributed by atoms with Crippen LogP contribution in [0.25, 0.3) is 0 Å². The number of hydrogen-bond acceptors (Lipinski definition) is 6. The molecular weight excluding hydrogens is 300 g/mol. The van der Waals surface area contributed by atoms with Crippen LogP contribution in [0.4, 0.5) is 0 Å². The lowest BCUT2D eigenvalue weighted by atomic mass is 10.0. The third-order valence-electron chi connectivity index (χ3n) is 4.25. The van der Waals surface area contributed by atoms with Crippen molar-refractivity contribution in [1.29, 1.82) is 0 Å². The molecule has 6 nitrogen and oxygen atoms in total. The number of methoxy groups -OCH3 is 3. The molecule has 0 N–H and O–H groups in total. The fourth-order valence-electron chi connectivity index (χ4n) is 2.59. The van der Waals surface area contributed by atoms with Gasteiger partial charge in [0.1, 0.15) is 0 Å². The van der Waals surface area contributed by atoms with Gasteiger partial charge in [-0.2, -0.15) is 0 Å². The van der Waals surface area contributed by atoms with Gasteiger partial charge in [-0.05, 0) is 18.1 Å². The summed E-state index contributed by atoms with van der Waals surface area (Å²) in [6.45, 7) is 3.82. The molecule has 0 spiro atoms. The van der Waals surface area contributed by atoms with Crippen molar-refractivity contribution in [2.45, 2.75) is 44.6 Å². The predicted molar refractivity (Wildman–Crippen MR) is 82.7 cm³/mol. The summed E-state index contributed by atoms with van der Waals surface area (Å²) in [6.07, 6.45) is -0.379. The van der Waals surface area contributed by atoms with E-state index in [4.69, 9.17) is 23.7 Å². The maximum atomic E-state index is 12.3. The van der Waals surface area contributed by atoms with Crippen molar-refractivity contribution < 1.29 is 28.5 Å². The second-order valence-electron chi connectivity index (χ2n) is 5.78. The van der Waals surface area contributed by atoms with Gasteiger partial charge in [-0.3, -0.25) is 0 Å². The number of carbonyl (C=O) groups excluding carboxylic acids is 1. The maximum absolute atomic E-state index is 12.3. The number of rotatable bonds is 6. The molecule has 6 heteroatoms. The Labute approximate surface area is 136 Å². The Hall–Kier alpha value is -1.47. The Balaban J connectivity index is 2.18. The zero-order valence-corrected chi connectivity index (χ0v) is 14.3. The van der Waals surface area contributed by atoms with Crippen LogP contribution in [-0.2, 0) is 41.5 Å². The molecule has 1 fully saturated rings. The highest BCUT2D eigenvalue weighted by Gasteiger charge is 2.57. The van der Waals surface area contributed by atoms with Crippen LogP contribution in [0.1, 0.15) is 25.0 Å². The quantitative estimate of drug-likeness (QED) is 0.746. The zero-order chi connectivity index (χ0) is 17.1. The molecule has 0 saturated carbocycles. The molecule has 1 aromatic carbocycles. The van der Waals surface area contributed by atoms with Crippen molar-refractivity contribution in [1.82, 2.24) is 0 Å². The summed E-state index contributed by atoms with van der Waals surface area (Å²) in [4.78, 5) is 12.3. The van der Waals surface area contributed by atoms with Crippen molar-refractivity contribution in [3.8, 4) is 0 Å². The Bertz CT molecular complexity index is 560. The lowest BCUT2D eigenvalue weighted by molar-refractivity contribution is -0.405. The normalized spacial score (nSPS) is 31.0. The first-order chi connectivity index (χ1) is 10.9. The van der Waals surface area contributed by atoms with Crippen LogP contribution in [0.5, 0.6) is 0 Å². The van der Waals surface area contributed by atoms with E-state index in [0.717, 1.165) is 11.1 Å². The van der Waals surface area contributed by atoms with Gasteiger partial charge in [0, 0.05) is 34.7 Å². The number of carbonyl (C=O) groups is 1. The van der Waals surface area contributed by atoms with Gasteiger partial charge in [0.25, 0.3) is 5.79 Å². The summed E-state index contributed by atoms with van der Waals surface area (Å²) in [7, 11) is 4.58. The van der Waals surface area contributed by atoms with E-state index in [-0.39, 0.29) is 0 Å². The molecule has 0 aliphatic carbocycles. The van der Waals surface area contributed by atoms with E-state index in [0.29, 0.717) is 13.0 Å². The maximum Gasteiger partial charge on any atom is 0.338 e. The smallest absolute Gasteiger partial charge is 0.338 e. The summed E-state index contributed by atoms with van der Waals surface area (Å²) in [6, 6.07) is 7.80. The molecule has 0 aromatic heterocycles. The molecule has 23 heavy (non-hydrogen) atoms. The van der Waals surface area contributed by atoms with Crippen molar-refractivity contribution in [2.75, 3.05) is 21.3 Å². The Morgan fingerprint density at radius 3 is 2.35 bits per heavy atom. The first-order valence-electron chi connectivity index (χ1n) is 7.45. The third kappa shape index (κ3) is 3.55. The van der Waals surface area contributed by atoms with E-state index in [2.05, 4.69) is 0 Å². The SMILES string of the molecule is COCc1cccc(CC2OC(C)(OC)C(C)(OC)OC2=O)c1. The van der Waals surface area contributed by atoms with Crippen molar-refractivity contribution in [3.63, 3.8) is 0 Å². The first kappa shape index (κ1) is 17.9. The van der Waals surface area contributed by atoms with Gasteiger partial charge in [-0.1, -0.05) is 24.3 Å². The van der Waals surface area contributed by atoms with Gasteiger partial charge >= 0.3 is 5.97 Å². The van der Waals surface area contributed by atoms with Gasteiger partial charge in [0.05, 0.1) is 6.61 Å². The minimum atomic E-state index is -1.30. The molecule has 0 radical (unpaired) electrons. The van der Waals surface area contributed by atoms with E-state index in [1.807, 2.05) is 24.3 Å². The summed E-state index contributed by atoms with van der Waals surface area (Å²) in [5.74, 6) is -2.96. The molecule has 1 aliphatic heterocycles. The summed E-state index contributed by atoms with van der Waals surface area (Å²) in [5.41, 5.74) is 1.99. The van der Waals surface area contributed by atoms with Gasteiger partial charge in [0.15, 0.2) is 6.10 Å². The first-order valence-corrected chi connectivity index (χ1v) is 7.45. The number of ether oxygens (including phenoxy) is 5. The molecular formula is C17H24O6. The van der Waals surface area contributed by atoms with Crippen LogP contribution in [0.2, 0.25) is 0 Å². The second kappa shape index (κ2) is 6.97. The second-order valence-corrected chi connectivity index (χ2v) is 5.78. The van der Waals surface area contributed by atoms with E-state index >= 15 is 0 Å². The molecule has 128 valence electrons. The van der Waals surface area contributed by atoms with Gasteiger partial charge in [-0.25, -0.2) is 4.79 Å². The topological polar surface area (TPSA) is 63.2 Å². The lowest BCUT2D eigenvalue weighted by Gasteiger charge is -2.47. The molecule has 1 saturated heterocycles. The van der Waals surface area contributed by atoms with Gasteiger partial charge in [0.2, 0.25) is 5.79 Å². The minimum absolute atomic E-state index is 0.384. The highest BCUT2D eigenvalue weighted by Crippen LogP contribution is 2.37. The van der Waals surface area contributed by atoms with E-state index in [1.165, 1.54) is 14.2 Å². The fourth-order valence-corrected chi connectivity index (χ4v) is 2.59. The zero-order valence-electron chi connectivity index (χ0n) is 14.3. The summed E-state index contributed by atoms with van der Waals surface area (Å²) >= 11 is 0. The van der Waals surface area contributed by atoms with Crippen molar-refractivity contribution >= 4 is 5.97 Å². The van der Waals surface area contributed by atoms with Crippen LogP contribution < -0.4 is 0 Å². The average Bonchev–Trinajstić information content (AvgIpc) is 2.53. The van der Waals surface area contributed by atoms with E-state index in [9.17, 15) is 4.79 Å². The number of hydrogen-bond donors (Lipinski definition) is 0. The van der Waals surface area contributed by atoms with Gasteiger partial charge < -0.3 is 23.7 Å².